The second kappa shape index (κ2) is 4.92. The van der Waals surface area contributed by atoms with E-state index < -0.39 is 5.97 Å². The number of halogens is 1. The largest absolute Gasteiger partial charge is 0.478 e. The van der Waals surface area contributed by atoms with Gasteiger partial charge in [-0.15, -0.1) is 0 Å². The third-order valence-corrected chi connectivity index (χ3v) is 2.43. The average molecular weight is 295 g/mol. The van der Waals surface area contributed by atoms with Gasteiger partial charge in [-0.05, 0) is 24.3 Å². The number of aromatic carboxylic acids is 1. The van der Waals surface area contributed by atoms with Crippen molar-refractivity contribution < 1.29 is 14.6 Å². The molecule has 1 aromatic carbocycles. The van der Waals surface area contributed by atoms with Crippen molar-refractivity contribution in [3.05, 3.63) is 46.7 Å². The fourth-order valence-corrected chi connectivity index (χ4v) is 1.35. The first-order valence-electron chi connectivity index (χ1n) is 4.64. The van der Waals surface area contributed by atoms with E-state index in [1.807, 2.05) is 12.1 Å². The van der Waals surface area contributed by atoms with Crippen LogP contribution in [-0.4, -0.2) is 21.0 Å². The lowest BCUT2D eigenvalue weighted by Gasteiger charge is -2.03. The van der Waals surface area contributed by atoms with Crippen LogP contribution < -0.4 is 4.74 Å². The lowest BCUT2D eigenvalue weighted by molar-refractivity contribution is 0.0696. The number of hydrogen-bond donors (Lipinski definition) is 1. The molecule has 2 rings (SSSR count). The molecule has 1 heterocycles. The topological polar surface area (TPSA) is 72.3 Å². The predicted octanol–water partition coefficient (Wildman–Crippen LogP) is 2.73. The number of carboxylic acids is 1. The molecular formula is C11H7BrN2O3. The summed E-state index contributed by atoms with van der Waals surface area (Å²) in [5.74, 6) is -0.489. The number of aromatic nitrogens is 2. The molecule has 17 heavy (non-hydrogen) atoms. The molecule has 0 unspecified atom stereocenters. The van der Waals surface area contributed by atoms with Gasteiger partial charge in [-0.2, -0.15) is 0 Å². The van der Waals surface area contributed by atoms with Crippen molar-refractivity contribution in [2.24, 2.45) is 0 Å². The summed E-state index contributed by atoms with van der Waals surface area (Å²) in [5, 5.41) is 8.67. The lowest BCUT2D eigenvalue weighted by atomic mass is 10.3. The number of hydrogen-bond acceptors (Lipinski definition) is 4. The standard InChI is InChI=1S/C11H7BrN2O3/c12-8-1-3-9(4-2-8)17-11-13-5-7(6-14-11)10(15)16/h1-6H,(H,15,16). The van der Waals surface area contributed by atoms with Crippen LogP contribution in [0.25, 0.3) is 0 Å². The molecule has 0 amide bonds. The van der Waals surface area contributed by atoms with E-state index in [9.17, 15) is 4.79 Å². The SMILES string of the molecule is O=C(O)c1cnc(Oc2ccc(Br)cc2)nc1. The van der Waals surface area contributed by atoms with Crippen molar-refractivity contribution in [1.82, 2.24) is 9.97 Å². The third-order valence-electron chi connectivity index (χ3n) is 1.90. The molecule has 0 atom stereocenters. The van der Waals surface area contributed by atoms with E-state index in [1.54, 1.807) is 12.1 Å². The highest BCUT2D eigenvalue weighted by Gasteiger charge is 2.05. The minimum absolute atomic E-state index is 0.0214. The number of carbonyl (C=O) groups is 1. The van der Waals surface area contributed by atoms with E-state index in [2.05, 4.69) is 25.9 Å². The number of rotatable bonds is 3. The number of benzene rings is 1. The zero-order chi connectivity index (χ0) is 12.3. The van der Waals surface area contributed by atoms with Crippen LogP contribution in [0.4, 0.5) is 0 Å². The van der Waals surface area contributed by atoms with Gasteiger partial charge in [0.1, 0.15) is 5.75 Å². The highest BCUT2D eigenvalue weighted by Crippen LogP contribution is 2.20. The van der Waals surface area contributed by atoms with Crippen LogP contribution in [0.5, 0.6) is 11.8 Å². The Morgan fingerprint density at radius 2 is 1.76 bits per heavy atom. The van der Waals surface area contributed by atoms with Crippen LogP contribution in [0.3, 0.4) is 0 Å². The summed E-state index contributed by atoms with van der Waals surface area (Å²) in [6, 6.07) is 7.25. The quantitative estimate of drug-likeness (QED) is 0.942. The molecule has 0 aliphatic heterocycles. The summed E-state index contributed by atoms with van der Waals surface area (Å²) >= 11 is 3.30. The first-order valence-corrected chi connectivity index (χ1v) is 5.43. The van der Waals surface area contributed by atoms with Crippen molar-refractivity contribution in [3.63, 3.8) is 0 Å². The van der Waals surface area contributed by atoms with Crippen LogP contribution in [0, 0.1) is 0 Å². The smallest absolute Gasteiger partial charge is 0.338 e. The van der Waals surface area contributed by atoms with E-state index in [1.165, 1.54) is 12.4 Å². The summed E-state index contributed by atoms with van der Waals surface area (Å²) in [7, 11) is 0. The van der Waals surface area contributed by atoms with Crippen LogP contribution in [-0.2, 0) is 0 Å². The maximum atomic E-state index is 10.6. The normalized spacial score (nSPS) is 9.94. The number of carboxylic acid groups (broad SMARTS) is 1. The van der Waals surface area contributed by atoms with Crippen molar-refractivity contribution in [1.29, 1.82) is 0 Å². The van der Waals surface area contributed by atoms with Crippen LogP contribution in [0.15, 0.2) is 41.1 Å². The second-order valence-corrected chi connectivity index (χ2v) is 4.03. The molecule has 0 bridgehead atoms. The van der Waals surface area contributed by atoms with Gasteiger partial charge in [-0.25, -0.2) is 14.8 Å². The van der Waals surface area contributed by atoms with Gasteiger partial charge >= 0.3 is 12.0 Å². The van der Waals surface area contributed by atoms with Gasteiger partial charge in [0, 0.05) is 16.9 Å². The summed E-state index contributed by atoms with van der Waals surface area (Å²) in [6.07, 6.45) is 2.40. The molecule has 0 spiro atoms. The van der Waals surface area contributed by atoms with Crippen molar-refractivity contribution in [2.45, 2.75) is 0 Å². The molecule has 0 aliphatic carbocycles. The van der Waals surface area contributed by atoms with Crippen molar-refractivity contribution >= 4 is 21.9 Å². The molecule has 2 aromatic rings. The van der Waals surface area contributed by atoms with Crippen molar-refractivity contribution in [2.75, 3.05) is 0 Å². The summed E-state index contributed by atoms with van der Waals surface area (Å²) in [5.41, 5.74) is 0.0214. The van der Waals surface area contributed by atoms with Crippen LogP contribution in [0.2, 0.25) is 0 Å². The van der Waals surface area contributed by atoms with Crippen molar-refractivity contribution in [3.8, 4) is 11.8 Å². The molecule has 1 aromatic heterocycles. The molecule has 1 N–H and O–H groups in total. The van der Waals surface area contributed by atoms with E-state index in [0.717, 1.165) is 4.47 Å². The predicted molar refractivity (Wildman–Crippen MR) is 63.2 cm³/mol. The first-order chi connectivity index (χ1) is 8.15. The fourth-order valence-electron chi connectivity index (χ4n) is 1.09. The van der Waals surface area contributed by atoms with Gasteiger partial charge in [0.25, 0.3) is 0 Å². The second-order valence-electron chi connectivity index (χ2n) is 3.12. The van der Waals surface area contributed by atoms with Gasteiger partial charge in [-0.3, -0.25) is 0 Å². The Hall–Kier alpha value is -1.95. The Kier molecular flexibility index (Phi) is 3.34. The molecule has 0 fully saturated rings. The molecule has 0 aliphatic rings. The Morgan fingerprint density at radius 3 is 2.29 bits per heavy atom. The minimum Gasteiger partial charge on any atom is -0.478 e. The number of nitrogens with zero attached hydrogens (tertiary/aromatic N) is 2. The Balaban J connectivity index is 2.13. The summed E-state index contributed by atoms with van der Waals surface area (Å²) < 4.78 is 6.27. The van der Waals surface area contributed by atoms with E-state index >= 15 is 0 Å². The Bertz CT molecular complexity index is 525. The maximum Gasteiger partial charge on any atom is 0.338 e. The lowest BCUT2D eigenvalue weighted by Crippen LogP contribution is -1.99. The molecular weight excluding hydrogens is 288 g/mol. The Morgan fingerprint density at radius 1 is 1.18 bits per heavy atom. The van der Waals surface area contributed by atoms with Gasteiger partial charge in [0.05, 0.1) is 5.56 Å². The van der Waals surface area contributed by atoms with E-state index in [4.69, 9.17) is 9.84 Å². The average Bonchev–Trinajstić information content (AvgIpc) is 2.33. The van der Waals surface area contributed by atoms with E-state index in [0.29, 0.717) is 5.75 Å². The fraction of sp³-hybridized carbons (Fsp3) is 0. The monoisotopic (exact) mass is 294 g/mol. The zero-order valence-corrected chi connectivity index (χ0v) is 10.1. The van der Waals surface area contributed by atoms with Crippen LogP contribution in [0.1, 0.15) is 10.4 Å². The molecule has 6 heteroatoms. The zero-order valence-electron chi connectivity index (χ0n) is 8.50. The van der Waals surface area contributed by atoms with Gasteiger partial charge in [0.2, 0.25) is 0 Å². The van der Waals surface area contributed by atoms with E-state index in [-0.39, 0.29) is 11.6 Å². The molecule has 0 radical (unpaired) electrons. The number of ether oxygens (including phenoxy) is 1. The summed E-state index contributed by atoms with van der Waals surface area (Å²) in [6.45, 7) is 0. The summed E-state index contributed by atoms with van der Waals surface area (Å²) in [4.78, 5) is 18.2. The third kappa shape index (κ3) is 3.01. The van der Waals surface area contributed by atoms with Gasteiger partial charge in [-0.1, -0.05) is 15.9 Å². The minimum atomic E-state index is -1.07. The highest BCUT2D eigenvalue weighted by atomic mass is 79.9. The van der Waals surface area contributed by atoms with Crippen LogP contribution >= 0.6 is 15.9 Å². The molecule has 5 nitrogen and oxygen atoms in total. The molecule has 0 saturated carbocycles. The molecule has 86 valence electrons. The maximum absolute atomic E-state index is 10.6. The van der Waals surface area contributed by atoms with Gasteiger partial charge < -0.3 is 9.84 Å². The van der Waals surface area contributed by atoms with Gasteiger partial charge in [0.15, 0.2) is 0 Å². The Labute approximate surface area is 105 Å². The highest BCUT2D eigenvalue weighted by molar-refractivity contribution is 9.10. The molecule has 0 saturated heterocycles. The first kappa shape index (κ1) is 11.5.